The lowest BCUT2D eigenvalue weighted by atomic mass is 10.2. The fourth-order valence-electron chi connectivity index (χ4n) is 2.61. The molecule has 1 fully saturated rings. The Hall–Kier alpha value is -2.16. The molecule has 0 radical (unpaired) electrons. The standard InChI is InChI=1S/C17H23F3N4O2/c1-3-12(2)22-15(25)11-23-6-8-24(9-7-23)16(26)13-4-5-14(21-10-13)17(18,19)20/h4-5,10,12H,3,6-9,11H2,1-2H3,(H,22,25). The van der Waals surface area contributed by atoms with Crippen LogP contribution < -0.4 is 5.32 Å². The Morgan fingerprint density at radius 1 is 1.23 bits per heavy atom. The number of hydrogen-bond acceptors (Lipinski definition) is 4. The number of amides is 2. The summed E-state index contributed by atoms with van der Waals surface area (Å²) in [5.41, 5.74) is -0.896. The predicted molar refractivity (Wildman–Crippen MR) is 89.5 cm³/mol. The van der Waals surface area contributed by atoms with Crippen molar-refractivity contribution in [3.63, 3.8) is 0 Å². The van der Waals surface area contributed by atoms with E-state index in [0.717, 1.165) is 24.8 Å². The first kappa shape index (κ1) is 20.2. The molecule has 1 atom stereocenters. The molecule has 9 heteroatoms. The number of piperazine rings is 1. The van der Waals surface area contributed by atoms with Crippen molar-refractivity contribution in [2.45, 2.75) is 32.5 Å². The smallest absolute Gasteiger partial charge is 0.353 e. The topological polar surface area (TPSA) is 65.5 Å². The van der Waals surface area contributed by atoms with Crippen molar-refractivity contribution in [3.05, 3.63) is 29.6 Å². The Kier molecular flexibility index (Phi) is 6.57. The van der Waals surface area contributed by atoms with Gasteiger partial charge in [0, 0.05) is 38.4 Å². The number of pyridine rings is 1. The maximum atomic E-state index is 12.5. The molecule has 2 heterocycles. The highest BCUT2D eigenvalue weighted by atomic mass is 19.4. The second-order valence-corrected chi connectivity index (χ2v) is 6.38. The summed E-state index contributed by atoms with van der Waals surface area (Å²) >= 11 is 0. The van der Waals surface area contributed by atoms with Gasteiger partial charge in [-0.1, -0.05) is 6.92 Å². The monoisotopic (exact) mass is 372 g/mol. The normalized spacial score (nSPS) is 17.0. The van der Waals surface area contributed by atoms with Crippen molar-refractivity contribution in [2.24, 2.45) is 0 Å². The summed E-state index contributed by atoms with van der Waals surface area (Å²) in [5.74, 6) is -0.402. The van der Waals surface area contributed by atoms with Crippen LogP contribution in [0.2, 0.25) is 0 Å². The maximum absolute atomic E-state index is 12.5. The van der Waals surface area contributed by atoms with E-state index in [-0.39, 0.29) is 30.0 Å². The average Bonchev–Trinajstić information content (AvgIpc) is 2.61. The SMILES string of the molecule is CCC(C)NC(=O)CN1CCN(C(=O)c2ccc(C(F)(F)F)nc2)CC1. The third-order valence-corrected chi connectivity index (χ3v) is 4.35. The number of carbonyl (C=O) groups is 2. The Morgan fingerprint density at radius 2 is 1.88 bits per heavy atom. The van der Waals surface area contributed by atoms with Crippen LogP contribution in [0, 0.1) is 0 Å². The lowest BCUT2D eigenvalue weighted by Crippen LogP contribution is -2.51. The van der Waals surface area contributed by atoms with E-state index in [0.29, 0.717) is 26.2 Å². The molecule has 6 nitrogen and oxygen atoms in total. The Bertz CT molecular complexity index is 626. The van der Waals surface area contributed by atoms with Gasteiger partial charge in [0.05, 0.1) is 12.1 Å². The fourth-order valence-corrected chi connectivity index (χ4v) is 2.61. The van der Waals surface area contributed by atoms with Crippen LogP contribution in [-0.4, -0.2) is 65.4 Å². The zero-order valence-electron chi connectivity index (χ0n) is 14.8. The lowest BCUT2D eigenvalue weighted by molar-refractivity contribution is -0.141. The first-order chi connectivity index (χ1) is 12.2. The van der Waals surface area contributed by atoms with Gasteiger partial charge < -0.3 is 10.2 Å². The van der Waals surface area contributed by atoms with Gasteiger partial charge in [-0.15, -0.1) is 0 Å². The molecule has 0 aliphatic carbocycles. The summed E-state index contributed by atoms with van der Waals surface area (Å²) in [7, 11) is 0. The molecule has 1 saturated heterocycles. The highest BCUT2D eigenvalue weighted by Gasteiger charge is 2.32. The van der Waals surface area contributed by atoms with Gasteiger partial charge >= 0.3 is 6.18 Å². The van der Waals surface area contributed by atoms with Crippen molar-refractivity contribution in [2.75, 3.05) is 32.7 Å². The summed E-state index contributed by atoms with van der Waals surface area (Å²) < 4.78 is 37.6. The highest BCUT2D eigenvalue weighted by Crippen LogP contribution is 2.27. The van der Waals surface area contributed by atoms with Gasteiger partial charge in [0.25, 0.3) is 5.91 Å². The molecule has 26 heavy (non-hydrogen) atoms. The van der Waals surface area contributed by atoms with Gasteiger partial charge in [0.2, 0.25) is 5.91 Å². The molecular formula is C17H23F3N4O2. The van der Waals surface area contributed by atoms with Crippen molar-refractivity contribution in [1.82, 2.24) is 20.1 Å². The van der Waals surface area contributed by atoms with E-state index in [9.17, 15) is 22.8 Å². The molecule has 2 rings (SSSR count). The van der Waals surface area contributed by atoms with E-state index in [4.69, 9.17) is 0 Å². The highest BCUT2D eigenvalue weighted by molar-refractivity contribution is 5.94. The number of alkyl halides is 3. The van der Waals surface area contributed by atoms with E-state index >= 15 is 0 Å². The number of carbonyl (C=O) groups excluding carboxylic acids is 2. The zero-order valence-corrected chi connectivity index (χ0v) is 14.8. The summed E-state index contributed by atoms with van der Waals surface area (Å²) in [6, 6.07) is 2.07. The largest absolute Gasteiger partial charge is 0.433 e. The van der Waals surface area contributed by atoms with E-state index in [1.165, 1.54) is 0 Å². The van der Waals surface area contributed by atoms with E-state index < -0.39 is 11.9 Å². The predicted octanol–water partition coefficient (Wildman–Crippen LogP) is 1.77. The quantitative estimate of drug-likeness (QED) is 0.856. The Labute approximate surface area is 150 Å². The zero-order chi connectivity index (χ0) is 19.3. The van der Waals surface area contributed by atoms with Crippen molar-refractivity contribution in [3.8, 4) is 0 Å². The van der Waals surface area contributed by atoms with Crippen LogP contribution in [0.3, 0.4) is 0 Å². The minimum atomic E-state index is -4.52. The molecule has 1 N–H and O–H groups in total. The van der Waals surface area contributed by atoms with Crippen molar-refractivity contribution >= 4 is 11.8 Å². The summed E-state index contributed by atoms with van der Waals surface area (Å²) in [6.45, 7) is 6.10. The number of rotatable bonds is 5. The Morgan fingerprint density at radius 3 is 2.38 bits per heavy atom. The lowest BCUT2D eigenvalue weighted by Gasteiger charge is -2.34. The molecule has 1 aromatic heterocycles. The van der Waals surface area contributed by atoms with Gasteiger partial charge in [-0.2, -0.15) is 13.2 Å². The first-order valence-corrected chi connectivity index (χ1v) is 8.55. The molecule has 144 valence electrons. The van der Waals surface area contributed by atoms with Crippen LogP contribution in [-0.2, 0) is 11.0 Å². The van der Waals surface area contributed by atoms with Gasteiger partial charge in [0.15, 0.2) is 0 Å². The van der Waals surface area contributed by atoms with E-state index in [1.807, 2.05) is 18.7 Å². The molecule has 0 bridgehead atoms. The molecule has 0 saturated carbocycles. The van der Waals surface area contributed by atoms with E-state index in [1.54, 1.807) is 4.90 Å². The molecule has 1 unspecified atom stereocenters. The van der Waals surface area contributed by atoms with Crippen LogP contribution >= 0.6 is 0 Å². The second-order valence-electron chi connectivity index (χ2n) is 6.38. The maximum Gasteiger partial charge on any atom is 0.433 e. The molecule has 0 aromatic carbocycles. The number of hydrogen-bond donors (Lipinski definition) is 1. The summed E-state index contributed by atoms with van der Waals surface area (Å²) in [4.78, 5) is 31.1. The fraction of sp³-hybridized carbons (Fsp3) is 0.588. The third-order valence-electron chi connectivity index (χ3n) is 4.35. The van der Waals surface area contributed by atoms with Gasteiger partial charge in [-0.25, -0.2) is 0 Å². The van der Waals surface area contributed by atoms with Crippen molar-refractivity contribution in [1.29, 1.82) is 0 Å². The number of nitrogens with one attached hydrogen (secondary N) is 1. The summed E-state index contributed by atoms with van der Waals surface area (Å²) in [6.07, 6.45) is -2.71. The third kappa shape index (κ3) is 5.42. The van der Waals surface area contributed by atoms with Crippen LogP contribution in [0.4, 0.5) is 13.2 Å². The summed E-state index contributed by atoms with van der Waals surface area (Å²) in [5, 5.41) is 2.89. The molecule has 2 amide bonds. The van der Waals surface area contributed by atoms with Crippen LogP contribution in [0.25, 0.3) is 0 Å². The first-order valence-electron chi connectivity index (χ1n) is 8.55. The van der Waals surface area contributed by atoms with Gasteiger partial charge in [-0.3, -0.25) is 19.5 Å². The second kappa shape index (κ2) is 8.48. The molecule has 0 spiro atoms. The molecule has 1 aliphatic rings. The van der Waals surface area contributed by atoms with E-state index in [2.05, 4.69) is 10.3 Å². The van der Waals surface area contributed by atoms with Crippen LogP contribution in [0.15, 0.2) is 18.3 Å². The molecule has 1 aliphatic heterocycles. The molecular weight excluding hydrogens is 349 g/mol. The van der Waals surface area contributed by atoms with Gasteiger partial charge in [-0.05, 0) is 25.5 Å². The van der Waals surface area contributed by atoms with Gasteiger partial charge in [0.1, 0.15) is 5.69 Å². The Balaban J connectivity index is 1.85. The minimum absolute atomic E-state index is 0.0499. The van der Waals surface area contributed by atoms with Crippen molar-refractivity contribution < 1.29 is 22.8 Å². The average molecular weight is 372 g/mol. The number of halogens is 3. The van der Waals surface area contributed by atoms with Crippen LogP contribution in [0.5, 0.6) is 0 Å². The minimum Gasteiger partial charge on any atom is -0.353 e. The van der Waals surface area contributed by atoms with Crippen LogP contribution in [0.1, 0.15) is 36.3 Å². The molecule has 1 aromatic rings. The number of nitrogens with zero attached hydrogens (tertiary/aromatic N) is 3. The number of aromatic nitrogens is 1.